The largest absolute Gasteiger partial charge is 0.496 e. The lowest BCUT2D eigenvalue weighted by molar-refractivity contribution is -0.141. The number of carbonyl (C=O) groups is 3. The van der Waals surface area contributed by atoms with Gasteiger partial charge in [0.25, 0.3) is 0 Å². The molecule has 0 unspecified atom stereocenters. The zero-order valence-electron chi connectivity index (χ0n) is 17.1. The Morgan fingerprint density at radius 3 is 2.41 bits per heavy atom. The number of carbonyl (C=O) groups excluding carboxylic acids is 3. The quantitative estimate of drug-likeness (QED) is 0.379. The maximum Gasteiger partial charge on any atom is 0.310 e. The van der Waals surface area contributed by atoms with Gasteiger partial charge in [0.05, 0.1) is 13.5 Å². The Bertz CT molecular complexity index is 858. The van der Waals surface area contributed by atoms with Crippen LogP contribution in [0.2, 0.25) is 0 Å². The van der Waals surface area contributed by atoms with Gasteiger partial charge in [-0.2, -0.15) is 0 Å². The van der Waals surface area contributed by atoms with E-state index in [2.05, 4.69) is 5.32 Å². The van der Waals surface area contributed by atoms with Crippen LogP contribution in [-0.2, 0) is 27.2 Å². The number of hydrogen-bond donors (Lipinski definition) is 1. The number of Topliss-reactive ketones (excluding diaryl/α,β-unsaturated/α-hetero) is 1. The molecule has 154 valence electrons. The van der Waals surface area contributed by atoms with Gasteiger partial charge in [0.2, 0.25) is 5.91 Å². The van der Waals surface area contributed by atoms with Crippen LogP contribution in [0.1, 0.15) is 40.4 Å². The van der Waals surface area contributed by atoms with E-state index in [0.717, 1.165) is 29.5 Å². The molecule has 0 aliphatic rings. The molecule has 0 saturated carbocycles. The highest BCUT2D eigenvalue weighted by Crippen LogP contribution is 2.20. The first-order chi connectivity index (χ1) is 13.9. The van der Waals surface area contributed by atoms with E-state index in [9.17, 15) is 14.4 Å². The first-order valence-corrected chi connectivity index (χ1v) is 9.54. The highest BCUT2D eigenvalue weighted by atomic mass is 16.5. The maximum absolute atomic E-state index is 12.3. The molecule has 0 spiro atoms. The van der Waals surface area contributed by atoms with E-state index < -0.39 is 5.97 Å². The number of amides is 1. The van der Waals surface area contributed by atoms with Crippen molar-refractivity contribution in [2.24, 2.45) is 0 Å². The summed E-state index contributed by atoms with van der Waals surface area (Å²) in [5.74, 6) is -0.148. The summed E-state index contributed by atoms with van der Waals surface area (Å²) >= 11 is 0. The highest BCUT2D eigenvalue weighted by molar-refractivity contribution is 5.98. The lowest BCUT2D eigenvalue weighted by atomic mass is 10.1. The first kappa shape index (κ1) is 22.1. The molecule has 0 aliphatic carbocycles. The van der Waals surface area contributed by atoms with Gasteiger partial charge < -0.3 is 14.8 Å². The van der Waals surface area contributed by atoms with Crippen molar-refractivity contribution in [2.75, 3.05) is 20.3 Å². The standard InChI is InChI=1S/C23H27NO5/c1-16-6-11-22(28-3)20(13-16)14-23(27)29-15-21(26)19-9-7-18(8-10-19)5-4-12-24-17(2)25/h6-11,13H,4-5,12,14-15H2,1-3H3,(H,24,25). The molecule has 6 nitrogen and oxygen atoms in total. The molecule has 2 rings (SSSR count). The van der Waals surface area contributed by atoms with Crippen molar-refractivity contribution in [2.45, 2.75) is 33.1 Å². The summed E-state index contributed by atoms with van der Waals surface area (Å²) in [5.41, 5.74) is 3.32. The zero-order chi connectivity index (χ0) is 21.2. The number of benzene rings is 2. The molecule has 0 aliphatic heterocycles. The van der Waals surface area contributed by atoms with Crippen molar-refractivity contribution in [1.82, 2.24) is 5.32 Å². The van der Waals surface area contributed by atoms with Gasteiger partial charge in [-0.05, 0) is 31.4 Å². The van der Waals surface area contributed by atoms with Crippen LogP contribution >= 0.6 is 0 Å². The second kappa shape index (κ2) is 11.0. The highest BCUT2D eigenvalue weighted by Gasteiger charge is 2.13. The minimum Gasteiger partial charge on any atom is -0.496 e. The Kier molecular flexibility index (Phi) is 8.40. The summed E-state index contributed by atoms with van der Waals surface area (Å²) in [6, 6.07) is 12.8. The summed E-state index contributed by atoms with van der Waals surface area (Å²) in [5, 5.41) is 2.75. The Balaban J connectivity index is 1.82. The van der Waals surface area contributed by atoms with Gasteiger partial charge in [-0.1, -0.05) is 42.0 Å². The predicted molar refractivity (Wildman–Crippen MR) is 110 cm³/mol. The van der Waals surface area contributed by atoms with E-state index in [1.165, 1.54) is 6.92 Å². The molecule has 29 heavy (non-hydrogen) atoms. The van der Waals surface area contributed by atoms with Crippen LogP contribution in [0.4, 0.5) is 0 Å². The predicted octanol–water partition coefficient (Wildman–Crippen LogP) is 3.04. The second-order valence-corrected chi connectivity index (χ2v) is 6.86. The van der Waals surface area contributed by atoms with Crippen LogP contribution < -0.4 is 10.1 Å². The smallest absolute Gasteiger partial charge is 0.310 e. The summed E-state index contributed by atoms with van der Waals surface area (Å²) < 4.78 is 10.4. The lowest BCUT2D eigenvalue weighted by Gasteiger charge is -2.09. The molecule has 1 N–H and O–H groups in total. The number of nitrogens with one attached hydrogen (secondary N) is 1. The van der Waals surface area contributed by atoms with Crippen molar-refractivity contribution in [1.29, 1.82) is 0 Å². The molecule has 0 bridgehead atoms. The number of aryl methyl sites for hydroxylation is 2. The fourth-order valence-corrected chi connectivity index (χ4v) is 2.90. The zero-order valence-corrected chi connectivity index (χ0v) is 17.1. The summed E-state index contributed by atoms with van der Waals surface area (Å²) in [6.45, 7) is 3.75. The summed E-state index contributed by atoms with van der Waals surface area (Å²) in [6.07, 6.45) is 1.68. The minimum absolute atomic E-state index is 0.0404. The molecular weight excluding hydrogens is 370 g/mol. The number of methoxy groups -OCH3 is 1. The molecule has 0 heterocycles. The Morgan fingerprint density at radius 1 is 1.03 bits per heavy atom. The van der Waals surface area contributed by atoms with E-state index in [-0.39, 0.29) is 24.7 Å². The van der Waals surface area contributed by atoms with E-state index in [1.54, 1.807) is 25.3 Å². The number of ether oxygens (including phenoxy) is 2. The fraction of sp³-hybridized carbons (Fsp3) is 0.348. The van der Waals surface area contributed by atoms with Crippen molar-refractivity contribution < 1.29 is 23.9 Å². The van der Waals surface area contributed by atoms with Gasteiger partial charge in [0.1, 0.15) is 5.75 Å². The summed E-state index contributed by atoms with van der Waals surface area (Å²) in [7, 11) is 1.55. The second-order valence-electron chi connectivity index (χ2n) is 6.86. The molecule has 0 fully saturated rings. The van der Waals surface area contributed by atoms with Gasteiger partial charge in [0, 0.05) is 24.6 Å². The third-order valence-corrected chi connectivity index (χ3v) is 4.43. The van der Waals surface area contributed by atoms with Crippen molar-refractivity contribution >= 4 is 17.7 Å². The number of hydrogen-bond acceptors (Lipinski definition) is 5. The Morgan fingerprint density at radius 2 is 1.76 bits per heavy atom. The molecule has 0 atom stereocenters. The number of esters is 1. The van der Waals surface area contributed by atoms with Crippen LogP contribution in [-0.4, -0.2) is 37.9 Å². The van der Waals surface area contributed by atoms with Gasteiger partial charge in [-0.25, -0.2) is 0 Å². The van der Waals surface area contributed by atoms with Crippen molar-refractivity contribution in [3.63, 3.8) is 0 Å². The number of ketones is 1. The average Bonchev–Trinajstić information content (AvgIpc) is 2.70. The Labute approximate surface area is 171 Å². The van der Waals surface area contributed by atoms with Crippen molar-refractivity contribution in [3.8, 4) is 5.75 Å². The van der Waals surface area contributed by atoms with Gasteiger partial charge in [-0.15, -0.1) is 0 Å². The minimum atomic E-state index is -0.475. The van der Waals surface area contributed by atoms with Gasteiger partial charge >= 0.3 is 5.97 Å². The molecule has 0 aromatic heterocycles. The SMILES string of the molecule is COc1ccc(C)cc1CC(=O)OCC(=O)c1ccc(CCCNC(C)=O)cc1. The van der Waals surface area contributed by atoms with Crippen LogP contribution in [0.3, 0.4) is 0 Å². The van der Waals surface area contributed by atoms with Gasteiger partial charge in [-0.3, -0.25) is 14.4 Å². The third kappa shape index (κ3) is 7.41. The van der Waals surface area contributed by atoms with E-state index >= 15 is 0 Å². The Hall–Kier alpha value is -3.15. The summed E-state index contributed by atoms with van der Waals surface area (Å²) in [4.78, 5) is 35.2. The lowest BCUT2D eigenvalue weighted by Crippen LogP contribution is -2.21. The third-order valence-electron chi connectivity index (χ3n) is 4.43. The monoisotopic (exact) mass is 397 g/mol. The molecular formula is C23H27NO5. The molecule has 0 saturated heterocycles. The molecule has 2 aromatic rings. The average molecular weight is 397 g/mol. The molecule has 0 radical (unpaired) electrons. The van der Waals surface area contributed by atoms with Crippen LogP contribution in [0, 0.1) is 6.92 Å². The number of rotatable bonds is 10. The van der Waals surface area contributed by atoms with Gasteiger partial charge in [0.15, 0.2) is 12.4 Å². The fourth-order valence-electron chi connectivity index (χ4n) is 2.90. The van der Waals surface area contributed by atoms with E-state index in [1.807, 2.05) is 31.2 Å². The van der Waals surface area contributed by atoms with E-state index in [0.29, 0.717) is 17.9 Å². The van der Waals surface area contributed by atoms with Crippen molar-refractivity contribution in [3.05, 3.63) is 64.7 Å². The molecule has 1 amide bonds. The topological polar surface area (TPSA) is 81.7 Å². The van der Waals surface area contributed by atoms with Crippen LogP contribution in [0.15, 0.2) is 42.5 Å². The van der Waals surface area contributed by atoms with E-state index in [4.69, 9.17) is 9.47 Å². The van der Waals surface area contributed by atoms with Crippen LogP contribution in [0.25, 0.3) is 0 Å². The maximum atomic E-state index is 12.3. The normalized spacial score (nSPS) is 10.3. The first-order valence-electron chi connectivity index (χ1n) is 9.54. The molecule has 2 aromatic carbocycles. The molecule has 6 heteroatoms. The van der Waals surface area contributed by atoms with Crippen LogP contribution in [0.5, 0.6) is 5.75 Å².